The summed E-state index contributed by atoms with van der Waals surface area (Å²) in [4.78, 5) is 12.1. The molecule has 1 N–H and O–H groups in total. The molecule has 0 spiro atoms. The maximum Gasteiger partial charge on any atom is 0.257 e. The molecule has 1 aromatic carbocycles. The van der Waals surface area contributed by atoms with E-state index in [2.05, 4.69) is 29.4 Å². The third kappa shape index (κ3) is 4.16. The van der Waals surface area contributed by atoms with Crippen molar-refractivity contribution in [3.63, 3.8) is 0 Å². The number of nitrogens with one attached hydrogen (secondary N) is 1. The zero-order chi connectivity index (χ0) is 14.7. The van der Waals surface area contributed by atoms with Crippen LogP contribution in [-0.2, 0) is 6.42 Å². The molecule has 4 nitrogen and oxygen atoms in total. The highest BCUT2D eigenvalue weighted by Gasteiger charge is 2.12. The molecular weight excluding hydrogens is 317 g/mol. The Morgan fingerprint density at radius 3 is 2.50 bits per heavy atom. The lowest BCUT2D eigenvalue weighted by atomic mass is 10.1. The fourth-order valence-electron chi connectivity index (χ4n) is 1.59. The summed E-state index contributed by atoms with van der Waals surface area (Å²) >= 11 is 13.1. The van der Waals surface area contributed by atoms with Gasteiger partial charge in [0.2, 0.25) is 5.13 Å². The fraction of sp³-hybridized carbons (Fsp3) is 0.308. The lowest BCUT2D eigenvalue weighted by molar-refractivity contribution is 0.102. The van der Waals surface area contributed by atoms with E-state index in [-0.39, 0.29) is 5.91 Å². The third-order valence-electron chi connectivity index (χ3n) is 2.39. The van der Waals surface area contributed by atoms with E-state index >= 15 is 0 Å². The van der Waals surface area contributed by atoms with Crippen LogP contribution in [0.3, 0.4) is 0 Å². The van der Waals surface area contributed by atoms with Crippen molar-refractivity contribution in [2.75, 3.05) is 5.32 Å². The lowest BCUT2D eigenvalue weighted by Gasteiger charge is -2.02. The molecule has 0 aliphatic carbocycles. The number of hydrogen-bond acceptors (Lipinski definition) is 4. The van der Waals surface area contributed by atoms with Gasteiger partial charge in [0, 0.05) is 22.0 Å². The van der Waals surface area contributed by atoms with Crippen molar-refractivity contribution in [2.45, 2.75) is 20.3 Å². The predicted molar refractivity (Wildman–Crippen MR) is 82.9 cm³/mol. The van der Waals surface area contributed by atoms with Gasteiger partial charge in [0.25, 0.3) is 5.91 Å². The van der Waals surface area contributed by atoms with E-state index < -0.39 is 0 Å². The number of nitrogens with zero attached hydrogens (tertiary/aromatic N) is 2. The maximum atomic E-state index is 12.1. The molecule has 0 unspecified atom stereocenters. The second-order valence-corrected chi connectivity index (χ2v) is 6.65. The predicted octanol–water partition coefficient (Wildman–Crippen LogP) is 4.30. The average molecular weight is 330 g/mol. The van der Waals surface area contributed by atoms with Crippen molar-refractivity contribution in [1.82, 2.24) is 10.2 Å². The molecule has 0 aliphatic heterocycles. The molecule has 1 heterocycles. The molecule has 0 saturated heterocycles. The molecular formula is C13H13Cl2N3OS. The molecule has 0 saturated carbocycles. The molecule has 0 aliphatic rings. The Balaban J connectivity index is 2.09. The van der Waals surface area contributed by atoms with Gasteiger partial charge in [-0.1, -0.05) is 48.4 Å². The smallest absolute Gasteiger partial charge is 0.257 e. The van der Waals surface area contributed by atoms with Gasteiger partial charge in [0.1, 0.15) is 5.01 Å². The first kappa shape index (κ1) is 15.2. The number of rotatable bonds is 4. The van der Waals surface area contributed by atoms with Crippen LogP contribution in [0.5, 0.6) is 0 Å². The number of halogens is 2. The first-order valence-electron chi connectivity index (χ1n) is 6.04. The Kier molecular flexibility index (Phi) is 4.96. The summed E-state index contributed by atoms with van der Waals surface area (Å²) < 4.78 is 0. The van der Waals surface area contributed by atoms with Gasteiger partial charge in [-0.2, -0.15) is 0 Å². The minimum atomic E-state index is -0.304. The van der Waals surface area contributed by atoms with Crippen LogP contribution in [0.1, 0.15) is 29.2 Å². The van der Waals surface area contributed by atoms with Crippen molar-refractivity contribution in [3.05, 3.63) is 38.8 Å². The minimum Gasteiger partial charge on any atom is -0.296 e. The molecule has 20 heavy (non-hydrogen) atoms. The van der Waals surface area contributed by atoms with Gasteiger partial charge in [-0.3, -0.25) is 10.1 Å². The van der Waals surface area contributed by atoms with Gasteiger partial charge in [-0.25, -0.2) is 0 Å². The van der Waals surface area contributed by atoms with Crippen molar-refractivity contribution < 1.29 is 4.79 Å². The van der Waals surface area contributed by atoms with Crippen LogP contribution in [0, 0.1) is 5.92 Å². The van der Waals surface area contributed by atoms with Crippen LogP contribution in [0.2, 0.25) is 10.0 Å². The number of carbonyl (C=O) groups is 1. The molecule has 2 rings (SSSR count). The van der Waals surface area contributed by atoms with Crippen molar-refractivity contribution in [1.29, 1.82) is 0 Å². The number of hydrogen-bond donors (Lipinski definition) is 1. The monoisotopic (exact) mass is 329 g/mol. The first-order valence-corrected chi connectivity index (χ1v) is 7.61. The van der Waals surface area contributed by atoms with Gasteiger partial charge in [-0.05, 0) is 24.1 Å². The summed E-state index contributed by atoms with van der Waals surface area (Å²) in [7, 11) is 0. The fourth-order valence-corrected chi connectivity index (χ4v) is 3.06. The van der Waals surface area contributed by atoms with Crippen LogP contribution in [0.15, 0.2) is 18.2 Å². The summed E-state index contributed by atoms with van der Waals surface area (Å²) in [5.41, 5.74) is 0.392. The van der Waals surface area contributed by atoms with Crippen LogP contribution in [0.25, 0.3) is 0 Å². The molecule has 106 valence electrons. The number of amides is 1. The van der Waals surface area contributed by atoms with E-state index in [0.29, 0.717) is 26.7 Å². The quantitative estimate of drug-likeness (QED) is 0.909. The van der Waals surface area contributed by atoms with E-state index in [1.807, 2.05) is 0 Å². The Labute approximate surface area is 131 Å². The van der Waals surface area contributed by atoms with Crippen LogP contribution in [0.4, 0.5) is 5.13 Å². The Bertz CT molecular complexity index is 608. The highest BCUT2D eigenvalue weighted by atomic mass is 35.5. The van der Waals surface area contributed by atoms with Crippen LogP contribution >= 0.6 is 34.5 Å². The van der Waals surface area contributed by atoms with Gasteiger partial charge in [0.15, 0.2) is 0 Å². The van der Waals surface area contributed by atoms with Gasteiger partial charge in [-0.15, -0.1) is 10.2 Å². The number of anilines is 1. The standard InChI is InChI=1S/C13H13Cl2N3OS/c1-7(2)3-11-17-18-13(20-11)16-12(19)8-4-9(14)6-10(15)5-8/h4-7H,3H2,1-2H3,(H,16,18,19). The molecule has 7 heteroatoms. The summed E-state index contributed by atoms with van der Waals surface area (Å²) in [6, 6.07) is 4.68. The van der Waals surface area contributed by atoms with Crippen LogP contribution < -0.4 is 5.32 Å². The Morgan fingerprint density at radius 2 is 1.90 bits per heavy atom. The largest absolute Gasteiger partial charge is 0.296 e. The maximum absolute atomic E-state index is 12.1. The normalized spacial score (nSPS) is 10.8. The molecule has 0 atom stereocenters. The lowest BCUT2D eigenvalue weighted by Crippen LogP contribution is -2.11. The highest BCUT2D eigenvalue weighted by Crippen LogP contribution is 2.22. The average Bonchev–Trinajstić information content (AvgIpc) is 2.74. The third-order valence-corrected chi connectivity index (χ3v) is 3.69. The van der Waals surface area contributed by atoms with Gasteiger partial charge >= 0.3 is 0 Å². The van der Waals surface area contributed by atoms with Gasteiger partial charge in [0.05, 0.1) is 0 Å². The van der Waals surface area contributed by atoms with Crippen LogP contribution in [-0.4, -0.2) is 16.1 Å². The first-order chi connectivity index (χ1) is 9.44. The zero-order valence-electron chi connectivity index (χ0n) is 11.0. The summed E-state index contributed by atoms with van der Waals surface area (Å²) in [5.74, 6) is 0.194. The molecule has 0 radical (unpaired) electrons. The second-order valence-electron chi connectivity index (χ2n) is 4.71. The van der Waals surface area contributed by atoms with Crippen molar-refractivity contribution in [2.24, 2.45) is 5.92 Å². The number of benzene rings is 1. The SMILES string of the molecule is CC(C)Cc1nnc(NC(=O)c2cc(Cl)cc(Cl)c2)s1. The highest BCUT2D eigenvalue weighted by molar-refractivity contribution is 7.15. The molecule has 2 aromatic rings. The van der Waals surface area contributed by atoms with E-state index in [1.54, 1.807) is 18.2 Å². The minimum absolute atomic E-state index is 0.304. The zero-order valence-corrected chi connectivity index (χ0v) is 13.3. The number of aromatic nitrogens is 2. The topological polar surface area (TPSA) is 54.9 Å². The Morgan fingerprint density at radius 1 is 1.25 bits per heavy atom. The van der Waals surface area contributed by atoms with E-state index in [4.69, 9.17) is 23.2 Å². The van der Waals surface area contributed by atoms with Crippen molar-refractivity contribution in [3.8, 4) is 0 Å². The molecule has 1 amide bonds. The molecule has 1 aromatic heterocycles. The number of carbonyl (C=O) groups excluding carboxylic acids is 1. The van der Waals surface area contributed by atoms with E-state index in [1.165, 1.54) is 11.3 Å². The van der Waals surface area contributed by atoms with E-state index in [0.717, 1.165) is 11.4 Å². The summed E-state index contributed by atoms with van der Waals surface area (Å²) in [6.07, 6.45) is 0.844. The van der Waals surface area contributed by atoms with E-state index in [9.17, 15) is 4.79 Å². The second kappa shape index (κ2) is 6.52. The van der Waals surface area contributed by atoms with Gasteiger partial charge < -0.3 is 0 Å². The van der Waals surface area contributed by atoms with Crippen molar-refractivity contribution >= 4 is 45.6 Å². The summed E-state index contributed by atoms with van der Waals surface area (Å²) in [5, 5.41) is 12.9. The molecule has 0 fully saturated rings. The summed E-state index contributed by atoms with van der Waals surface area (Å²) in [6.45, 7) is 4.21. The molecule has 0 bridgehead atoms. The Hall–Kier alpha value is -1.17.